The van der Waals surface area contributed by atoms with Crippen LogP contribution < -0.4 is 5.32 Å². The molecular weight excluding hydrogens is 498 g/mol. The van der Waals surface area contributed by atoms with E-state index in [-0.39, 0.29) is 11.9 Å². The van der Waals surface area contributed by atoms with Gasteiger partial charge in [0.15, 0.2) is 0 Å². The molecule has 4 aromatic rings. The predicted octanol–water partition coefficient (Wildman–Crippen LogP) is 6.43. The molecule has 1 aliphatic rings. The molecule has 0 bridgehead atoms. The fourth-order valence-electron chi connectivity index (χ4n) is 5.18. The lowest BCUT2D eigenvalue weighted by atomic mass is 9.91. The van der Waals surface area contributed by atoms with E-state index in [1.54, 1.807) is 20.8 Å². The van der Waals surface area contributed by atoms with Gasteiger partial charge in [0.25, 0.3) is 0 Å². The van der Waals surface area contributed by atoms with E-state index in [4.69, 9.17) is 16.3 Å². The Bertz CT molecular complexity index is 1440. The first-order chi connectivity index (χ1) is 18.2. The number of alkyl carbamates (subject to hydrolysis) is 1. The number of aromatic nitrogens is 1. The van der Waals surface area contributed by atoms with Crippen LogP contribution in [0.3, 0.4) is 0 Å². The molecule has 2 unspecified atom stereocenters. The fraction of sp³-hybridized carbons (Fsp3) is 0.290. The molecule has 6 nitrogen and oxygen atoms in total. The molecule has 2 amide bonds. The molecule has 0 radical (unpaired) electrons. The zero-order valence-corrected chi connectivity index (χ0v) is 22.6. The van der Waals surface area contributed by atoms with Crippen LogP contribution in [0, 0.1) is 0 Å². The molecule has 1 aromatic heterocycles. The number of ether oxygens (including phenoxy) is 1. The van der Waals surface area contributed by atoms with Crippen molar-refractivity contribution in [3.63, 3.8) is 0 Å². The zero-order valence-electron chi connectivity index (χ0n) is 21.8. The minimum Gasteiger partial charge on any atom is -0.444 e. The third kappa shape index (κ3) is 5.55. The predicted molar refractivity (Wildman–Crippen MR) is 150 cm³/mol. The number of halogens is 1. The number of amides is 2. The highest BCUT2D eigenvalue weighted by Crippen LogP contribution is 2.39. The Hall–Kier alpha value is -3.77. The first-order valence-corrected chi connectivity index (χ1v) is 13.3. The molecule has 7 heteroatoms. The SMILES string of the molecule is CC(C)(C)OC(=O)NC(Cc1ccccc1)C(=O)N1CCc2c([nH]c3ccc(Cl)cc23)C1c1ccccc1. The van der Waals surface area contributed by atoms with Crippen molar-refractivity contribution < 1.29 is 14.3 Å². The monoisotopic (exact) mass is 529 g/mol. The normalized spacial score (nSPS) is 16.1. The second kappa shape index (κ2) is 10.5. The molecule has 1 aliphatic heterocycles. The number of hydrogen-bond acceptors (Lipinski definition) is 3. The minimum atomic E-state index is -0.793. The van der Waals surface area contributed by atoms with Gasteiger partial charge in [-0.1, -0.05) is 72.3 Å². The van der Waals surface area contributed by atoms with Crippen LogP contribution in [0.1, 0.15) is 49.2 Å². The van der Waals surface area contributed by atoms with Crippen molar-refractivity contribution in [1.82, 2.24) is 15.2 Å². The molecule has 5 rings (SSSR count). The molecule has 38 heavy (non-hydrogen) atoms. The molecule has 2 N–H and O–H groups in total. The van der Waals surface area contributed by atoms with E-state index in [0.29, 0.717) is 24.4 Å². The van der Waals surface area contributed by atoms with E-state index in [0.717, 1.165) is 27.7 Å². The van der Waals surface area contributed by atoms with Gasteiger partial charge in [0.1, 0.15) is 11.6 Å². The van der Waals surface area contributed by atoms with Gasteiger partial charge in [0, 0.05) is 34.6 Å². The number of nitrogens with one attached hydrogen (secondary N) is 2. The van der Waals surface area contributed by atoms with Gasteiger partial charge >= 0.3 is 6.09 Å². The lowest BCUT2D eigenvalue weighted by molar-refractivity contribution is -0.135. The number of fused-ring (bicyclic) bond motifs is 3. The Morgan fingerprint density at radius 1 is 1.05 bits per heavy atom. The Labute approximate surface area is 227 Å². The highest BCUT2D eigenvalue weighted by atomic mass is 35.5. The number of aromatic amines is 1. The van der Waals surface area contributed by atoms with E-state index in [2.05, 4.69) is 10.3 Å². The van der Waals surface area contributed by atoms with E-state index < -0.39 is 17.7 Å². The number of hydrogen-bond donors (Lipinski definition) is 2. The maximum atomic E-state index is 14.3. The summed E-state index contributed by atoms with van der Waals surface area (Å²) in [5.41, 5.74) is 4.40. The number of nitrogens with zero attached hydrogens (tertiary/aromatic N) is 1. The van der Waals surface area contributed by atoms with Crippen LogP contribution >= 0.6 is 11.6 Å². The molecule has 0 fully saturated rings. The number of carbonyl (C=O) groups excluding carboxylic acids is 2. The van der Waals surface area contributed by atoms with Crippen LogP contribution in [0.5, 0.6) is 0 Å². The molecule has 196 valence electrons. The second-order valence-corrected chi connectivity index (χ2v) is 11.1. The average Bonchev–Trinajstić information content (AvgIpc) is 3.25. The summed E-state index contributed by atoms with van der Waals surface area (Å²) in [7, 11) is 0. The summed E-state index contributed by atoms with van der Waals surface area (Å²) < 4.78 is 5.52. The number of H-pyrrole nitrogens is 1. The van der Waals surface area contributed by atoms with Crippen LogP contribution in [-0.2, 0) is 22.4 Å². The van der Waals surface area contributed by atoms with Gasteiger partial charge in [-0.3, -0.25) is 4.79 Å². The molecule has 0 saturated carbocycles. The summed E-state index contributed by atoms with van der Waals surface area (Å²) in [5.74, 6) is -0.157. The van der Waals surface area contributed by atoms with E-state index >= 15 is 0 Å². The highest BCUT2D eigenvalue weighted by Gasteiger charge is 2.38. The average molecular weight is 530 g/mol. The largest absolute Gasteiger partial charge is 0.444 e. The molecule has 3 aromatic carbocycles. The summed E-state index contributed by atoms with van der Waals surface area (Å²) in [5, 5.41) is 4.63. The summed E-state index contributed by atoms with van der Waals surface area (Å²) in [6.45, 7) is 5.92. The van der Waals surface area contributed by atoms with Crippen molar-refractivity contribution >= 4 is 34.5 Å². The van der Waals surface area contributed by atoms with Crippen molar-refractivity contribution in [1.29, 1.82) is 0 Å². The topological polar surface area (TPSA) is 74.4 Å². The molecule has 0 aliphatic carbocycles. The summed E-state index contributed by atoms with van der Waals surface area (Å²) in [6.07, 6.45) is 0.419. The van der Waals surface area contributed by atoms with Crippen molar-refractivity contribution in [3.8, 4) is 0 Å². The zero-order chi connectivity index (χ0) is 26.9. The van der Waals surface area contributed by atoms with E-state index in [1.165, 1.54) is 5.56 Å². The Balaban J connectivity index is 1.54. The Morgan fingerprint density at radius 3 is 2.42 bits per heavy atom. The maximum Gasteiger partial charge on any atom is 0.408 e. The van der Waals surface area contributed by atoms with Crippen molar-refractivity contribution in [2.24, 2.45) is 0 Å². The summed E-state index contributed by atoms with van der Waals surface area (Å²) in [4.78, 5) is 32.6. The van der Waals surface area contributed by atoms with Crippen LogP contribution in [-0.4, -0.2) is 40.1 Å². The Morgan fingerprint density at radius 2 is 1.74 bits per heavy atom. The van der Waals surface area contributed by atoms with Crippen LogP contribution in [0.2, 0.25) is 5.02 Å². The van der Waals surface area contributed by atoms with Crippen LogP contribution in [0.15, 0.2) is 78.9 Å². The molecule has 0 spiro atoms. The van der Waals surface area contributed by atoms with Gasteiger partial charge in [0.05, 0.1) is 6.04 Å². The highest BCUT2D eigenvalue weighted by molar-refractivity contribution is 6.31. The van der Waals surface area contributed by atoms with Gasteiger partial charge in [-0.15, -0.1) is 0 Å². The molecule has 2 heterocycles. The molecular formula is C31H32ClN3O3. The third-order valence-corrected chi connectivity index (χ3v) is 6.99. The van der Waals surface area contributed by atoms with Crippen LogP contribution in [0.4, 0.5) is 4.79 Å². The lowest BCUT2D eigenvalue weighted by Gasteiger charge is -2.38. The van der Waals surface area contributed by atoms with Gasteiger partial charge in [-0.05, 0) is 62.1 Å². The van der Waals surface area contributed by atoms with Crippen molar-refractivity contribution in [2.45, 2.75) is 51.3 Å². The number of rotatable bonds is 5. The Kier molecular flexibility index (Phi) is 7.17. The van der Waals surface area contributed by atoms with E-state index in [9.17, 15) is 9.59 Å². The smallest absolute Gasteiger partial charge is 0.408 e. The van der Waals surface area contributed by atoms with E-state index in [1.807, 2.05) is 83.8 Å². The molecule has 0 saturated heterocycles. The van der Waals surface area contributed by atoms with Crippen LogP contribution in [0.25, 0.3) is 10.9 Å². The summed E-state index contributed by atoms with van der Waals surface area (Å²) in [6, 6.07) is 24.4. The van der Waals surface area contributed by atoms with Gasteiger partial charge in [0.2, 0.25) is 5.91 Å². The van der Waals surface area contributed by atoms with Gasteiger partial charge in [-0.2, -0.15) is 0 Å². The number of benzene rings is 3. The van der Waals surface area contributed by atoms with Crippen molar-refractivity contribution in [3.05, 3.63) is 106 Å². The minimum absolute atomic E-state index is 0.157. The standard InChI is InChI=1S/C31H32ClN3O3/c1-31(2,3)38-30(37)34-26(18-20-10-6-4-7-11-20)29(36)35-17-16-23-24-19-22(32)14-15-25(24)33-27(23)28(35)21-12-8-5-9-13-21/h4-15,19,26,28,33H,16-18H2,1-3H3,(H,34,37). The first-order valence-electron chi connectivity index (χ1n) is 12.9. The van der Waals surface area contributed by atoms with Gasteiger partial charge in [-0.25, -0.2) is 4.79 Å². The molecule has 2 atom stereocenters. The fourth-order valence-corrected chi connectivity index (χ4v) is 5.35. The third-order valence-electron chi connectivity index (χ3n) is 6.76. The quantitative estimate of drug-likeness (QED) is 0.313. The first kappa shape index (κ1) is 25.9. The van der Waals surface area contributed by atoms with Gasteiger partial charge < -0.3 is 19.9 Å². The second-order valence-electron chi connectivity index (χ2n) is 10.7. The number of carbonyl (C=O) groups is 2. The maximum absolute atomic E-state index is 14.3. The summed E-state index contributed by atoms with van der Waals surface area (Å²) >= 11 is 6.33. The lowest BCUT2D eigenvalue weighted by Crippen LogP contribution is -2.53. The van der Waals surface area contributed by atoms with Crippen molar-refractivity contribution in [2.75, 3.05) is 6.54 Å².